The average Bonchev–Trinajstić information content (AvgIpc) is 2.04. The Morgan fingerprint density at radius 1 is 1.46 bits per heavy atom. The molecular formula is C10H16O3. The number of carboxylic acid groups (broad SMARTS) is 1. The Morgan fingerprint density at radius 3 is 2.54 bits per heavy atom. The van der Waals surface area contributed by atoms with Crippen molar-refractivity contribution in [3.63, 3.8) is 0 Å². The first-order valence-corrected chi connectivity index (χ1v) is 4.71. The molecule has 0 aromatic carbocycles. The molecule has 0 atom stereocenters. The third-order valence-electron chi connectivity index (χ3n) is 2.58. The van der Waals surface area contributed by atoms with Gasteiger partial charge in [-0.2, -0.15) is 0 Å². The lowest BCUT2D eigenvalue weighted by atomic mass is 9.82. The van der Waals surface area contributed by atoms with E-state index >= 15 is 0 Å². The molecule has 74 valence electrons. The van der Waals surface area contributed by atoms with Gasteiger partial charge >= 0.3 is 6.16 Å². The predicted molar refractivity (Wildman–Crippen MR) is 49.7 cm³/mol. The molecule has 0 amide bonds. The zero-order valence-electron chi connectivity index (χ0n) is 7.79. The molecule has 1 saturated carbocycles. The maximum absolute atomic E-state index is 10.5. The first-order valence-electron chi connectivity index (χ1n) is 4.71. The number of rotatable bonds is 3. The fourth-order valence-electron chi connectivity index (χ4n) is 1.99. The summed E-state index contributed by atoms with van der Waals surface area (Å²) in [5, 5.41) is 8.60. The highest BCUT2D eigenvalue weighted by Crippen LogP contribution is 2.34. The van der Waals surface area contributed by atoms with Gasteiger partial charge in [0.1, 0.15) is 5.60 Å². The zero-order chi connectivity index (χ0) is 9.73. The van der Waals surface area contributed by atoms with Crippen molar-refractivity contribution < 1.29 is 14.6 Å². The van der Waals surface area contributed by atoms with E-state index in [-0.39, 0.29) is 0 Å². The number of carbonyl (C=O) groups is 1. The molecule has 0 radical (unpaired) electrons. The summed E-state index contributed by atoms with van der Waals surface area (Å²) in [6, 6.07) is 0. The second-order valence-electron chi connectivity index (χ2n) is 3.60. The van der Waals surface area contributed by atoms with E-state index in [1.807, 2.05) is 0 Å². The minimum absolute atomic E-state index is 0.466. The molecule has 1 N–H and O–H groups in total. The molecule has 0 saturated heterocycles. The highest BCUT2D eigenvalue weighted by molar-refractivity contribution is 5.57. The quantitative estimate of drug-likeness (QED) is 0.541. The third kappa shape index (κ3) is 2.76. The van der Waals surface area contributed by atoms with Gasteiger partial charge in [-0.1, -0.05) is 12.5 Å². The monoisotopic (exact) mass is 184 g/mol. The molecule has 1 rings (SSSR count). The van der Waals surface area contributed by atoms with Crippen molar-refractivity contribution in [1.82, 2.24) is 0 Å². The molecule has 13 heavy (non-hydrogen) atoms. The van der Waals surface area contributed by atoms with Crippen LogP contribution in [0.4, 0.5) is 4.79 Å². The SMILES string of the molecule is C=CCC1(OC(=O)O)CCCCC1. The zero-order valence-corrected chi connectivity index (χ0v) is 7.79. The van der Waals surface area contributed by atoms with Crippen molar-refractivity contribution in [3.8, 4) is 0 Å². The molecule has 0 heterocycles. The Balaban J connectivity index is 2.60. The van der Waals surface area contributed by atoms with Gasteiger partial charge in [0.25, 0.3) is 0 Å². The smallest absolute Gasteiger partial charge is 0.450 e. The van der Waals surface area contributed by atoms with Crippen LogP contribution in [0.25, 0.3) is 0 Å². The maximum atomic E-state index is 10.5. The van der Waals surface area contributed by atoms with Gasteiger partial charge in [-0.3, -0.25) is 0 Å². The van der Waals surface area contributed by atoms with Crippen LogP contribution in [0.15, 0.2) is 12.7 Å². The Labute approximate surface area is 78.4 Å². The van der Waals surface area contributed by atoms with Crippen LogP contribution < -0.4 is 0 Å². The molecule has 0 aromatic rings. The molecule has 3 heteroatoms. The fraction of sp³-hybridized carbons (Fsp3) is 0.700. The molecule has 0 aliphatic heterocycles. The molecule has 1 aliphatic rings. The fourth-order valence-corrected chi connectivity index (χ4v) is 1.99. The Bertz CT molecular complexity index is 192. The van der Waals surface area contributed by atoms with Crippen LogP contribution in [0, 0.1) is 0 Å². The van der Waals surface area contributed by atoms with Gasteiger partial charge in [-0.25, -0.2) is 4.79 Å². The topological polar surface area (TPSA) is 46.5 Å². The van der Waals surface area contributed by atoms with Crippen LogP contribution in [0.2, 0.25) is 0 Å². The van der Waals surface area contributed by atoms with Crippen molar-refractivity contribution in [2.45, 2.75) is 44.1 Å². The van der Waals surface area contributed by atoms with E-state index in [9.17, 15) is 4.79 Å². The Morgan fingerprint density at radius 2 is 2.08 bits per heavy atom. The van der Waals surface area contributed by atoms with E-state index in [4.69, 9.17) is 9.84 Å². The normalized spacial score (nSPS) is 20.6. The first-order chi connectivity index (χ1) is 6.18. The van der Waals surface area contributed by atoms with Gasteiger partial charge < -0.3 is 9.84 Å². The molecule has 0 unspecified atom stereocenters. The molecule has 0 bridgehead atoms. The van der Waals surface area contributed by atoms with Crippen LogP contribution in [-0.2, 0) is 4.74 Å². The largest absolute Gasteiger partial charge is 0.506 e. The number of ether oxygens (including phenoxy) is 1. The number of hydrogen-bond donors (Lipinski definition) is 1. The summed E-state index contributed by atoms with van der Waals surface area (Å²) in [6.07, 6.45) is 6.19. The van der Waals surface area contributed by atoms with Crippen molar-refractivity contribution in [2.24, 2.45) is 0 Å². The molecule has 0 aromatic heterocycles. The lowest BCUT2D eigenvalue weighted by molar-refractivity contribution is -0.0394. The van der Waals surface area contributed by atoms with Gasteiger partial charge in [-0.15, -0.1) is 6.58 Å². The van der Waals surface area contributed by atoms with E-state index in [0.29, 0.717) is 6.42 Å². The first kappa shape index (κ1) is 10.1. The third-order valence-corrected chi connectivity index (χ3v) is 2.58. The van der Waals surface area contributed by atoms with Crippen LogP contribution in [-0.4, -0.2) is 16.9 Å². The standard InChI is InChI=1S/C10H16O3/c1-2-6-10(13-9(11)12)7-4-3-5-8-10/h2H,1,3-8H2,(H,11,12). The van der Waals surface area contributed by atoms with Crippen molar-refractivity contribution >= 4 is 6.16 Å². The summed E-state index contributed by atoms with van der Waals surface area (Å²) < 4.78 is 4.96. The van der Waals surface area contributed by atoms with Crippen LogP contribution in [0.1, 0.15) is 38.5 Å². The minimum atomic E-state index is -1.16. The van der Waals surface area contributed by atoms with E-state index < -0.39 is 11.8 Å². The van der Waals surface area contributed by atoms with E-state index in [2.05, 4.69) is 6.58 Å². The van der Waals surface area contributed by atoms with Crippen LogP contribution >= 0.6 is 0 Å². The molecule has 0 spiro atoms. The summed E-state index contributed by atoms with van der Waals surface area (Å²) >= 11 is 0. The highest BCUT2D eigenvalue weighted by atomic mass is 16.7. The minimum Gasteiger partial charge on any atom is -0.450 e. The summed E-state index contributed by atoms with van der Waals surface area (Å²) in [4.78, 5) is 10.5. The summed E-state index contributed by atoms with van der Waals surface area (Å²) in [7, 11) is 0. The van der Waals surface area contributed by atoms with E-state index in [0.717, 1.165) is 25.7 Å². The van der Waals surface area contributed by atoms with Gasteiger partial charge in [0.2, 0.25) is 0 Å². The maximum Gasteiger partial charge on any atom is 0.506 e. The molecule has 1 fully saturated rings. The second-order valence-corrected chi connectivity index (χ2v) is 3.60. The van der Waals surface area contributed by atoms with Gasteiger partial charge in [0, 0.05) is 6.42 Å². The summed E-state index contributed by atoms with van der Waals surface area (Å²) in [5.74, 6) is 0. The van der Waals surface area contributed by atoms with Gasteiger partial charge in [0.15, 0.2) is 0 Å². The summed E-state index contributed by atoms with van der Waals surface area (Å²) in [5.41, 5.74) is -0.466. The van der Waals surface area contributed by atoms with Crippen LogP contribution in [0.3, 0.4) is 0 Å². The van der Waals surface area contributed by atoms with Gasteiger partial charge in [-0.05, 0) is 25.7 Å². The molecule has 3 nitrogen and oxygen atoms in total. The second kappa shape index (κ2) is 4.30. The van der Waals surface area contributed by atoms with Crippen LogP contribution in [0.5, 0.6) is 0 Å². The predicted octanol–water partition coefficient (Wildman–Crippen LogP) is 2.96. The van der Waals surface area contributed by atoms with Crippen molar-refractivity contribution in [2.75, 3.05) is 0 Å². The highest BCUT2D eigenvalue weighted by Gasteiger charge is 2.34. The Hall–Kier alpha value is -0.990. The lowest BCUT2D eigenvalue weighted by Crippen LogP contribution is -2.36. The molecule has 1 aliphatic carbocycles. The average molecular weight is 184 g/mol. The van der Waals surface area contributed by atoms with Crippen molar-refractivity contribution in [1.29, 1.82) is 0 Å². The van der Waals surface area contributed by atoms with Crippen molar-refractivity contribution in [3.05, 3.63) is 12.7 Å². The van der Waals surface area contributed by atoms with Gasteiger partial charge in [0.05, 0.1) is 0 Å². The Kier molecular flexibility index (Phi) is 3.34. The summed E-state index contributed by atoms with van der Waals surface area (Å²) in [6.45, 7) is 3.63. The lowest BCUT2D eigenvalue weighted by Gasteiger charge is -2.34. The van der Waals surface area contributed by atoms with E-state index in [1.54, 1.807) is 6.08 Å². The van der Waals surface area contributed by atoms with E-state index in [1.165, 1.54) is 6.42 Å². The number of hydrogen-bond acceptors (Lipinski definition) is 2. The molecular weight excluding hydrogens is 168 g/mol.